The highest BCUT2D eigenvalue weighted by Crippen LogP contribution is 2.37. The van der Waals surface area contributed by atoms with Gasteiger partial charge in [-0.15, -0.1) is 11.3 Å². The molecule has 0 saturated carbocycles. The third-order valence-electron chi connectivity index (χ3n) is 4.73. The second-order valence-corrected chi connectivity index (χ2v) is 7.59. The number of hydrogen-bond donors (Lipinski definition) is 2. The molecule has 8 nitrogen and oxygen atoms in total. The second kappa shape index (κ2) is 10.4. The Kier molecular flexibility index (Phi) is 8.25. The monoisotopic (exact) mass is 412 g/mol. The Morgan fingerprint density at radius 2 is 1.79 bits per heavy atom. The number of ether oxygens (including phenoxy) is 2. The molecular weight excluding hydrogens is 382 g/mol. The van der Waals surface area contributed by atoms with E-state index in [4.69, 9.17) is 9.47 Å². The van der Waals surface area contributed by atoms with E-state index in [1.807, 2.05) is 13.8 Å². The van der Waals surface area contributed by atoms with Crippen LogP contribution in [0.25, 0.3) is 0 Å². The Morgan fingerprint density at radius 3 is 2.39 bits per heavy atom. The lowest BCUT2D eigenvalue weighted by Gasteiger charge is -2.26. The molecule has 1 aromatic rings. The fourth-order valence-electron chi connectivity index (χ4n) is 3.18. The Hall–Kier alpha value is -2.13. The number of carbonyl (C=O) groups is 3. The molecule has 0 unspecified atom stereocenters. The topological polar surface area (TPSA) is 89.4 Å². The summed E-state index contributed by atoms with van der Waals surface area (Å²) in [6, 6.07) is 0. The van der Waals surface area contributed by atoms with E-state index < -0.39 is 5.97 Å². The van der Waals surface area contributed by atoms with Crippen molar-refractivity contribution in [2.75, 3.05) is 44.7 Å². The van der Waals surface area contributed by atoms with E-state index in [9.17, 15) is 14.4 Å². The molecule has 0 aromatic carbocycles. The number of likely N-dealkylation sites (N-methyl/N-ethyl adjacent to an activating group) is 1. The number of rotatable bonds is 8. The Morgan fingerprint density at radius 1 is 1.11 bits per heavy atom. The van der Waals surface area contributed by atoms with Gasteiger partial charge in [0.2, 0.25) is 0 Å². The van der Waals surface area contributed by atoms with Crippen molar-refractivity contribution in [3.63, 3.8) is 0 Å². The molecule has 0 saturated heterocycles. The highest BCUT2D eigenvalue weighted by molar-refractivity contribution is 7.17. The SMILES string of the molecule is CCOC(=O)c1c(NC(=O)C[NH+](CC)CC)sc2c1CCN(C(=O)OCC)C2. The maximum atomic E-state index is 12.6. The van der Waals surface area contributed by atoms with Gasteiger partial charge in [0.1, 0.15) is 5.00 Å². The Bertz CT molecular complexity index is 715. The van der Waals surface area contributed by atoms with Gasteiger partial charge in [0.15, 0.2) is 6.54 Å². The number of hydrogen-bond acceptors (Lipinski definition) is 6. The van der Waals surface area contributed by atoms with E-state index in [2.05, 4.69) is 5.32 Å². The van der Waals surface area contributed by atoms with Gasteiger partial charge in [0.25, 0.3) is 5.91 Å². The summed E-state index contributed by atoms with van der Waals surface area (Å²) in [5.74, 6) is -0.569. The van der Waals surface area contributed by atoms with Crippen molar-refractivity contribution in [1.29, 1.82) is 0 Å². The lowest BCUT2D eigenvalue weighted by Crippen LogP contribution is -3.12. The van der Waals surface area contributed by atoms with Crippen molar-refractivity contribution in [2.24, 2.45) is 0 Å². The summed E-state index contributed by atoms with van der Waals surface area (Å²) in [4.78, 5) is 40.7. The van der Waals surface area contributed by atoms with Crippen molar-refractivity contribution in [1.82, 2.24) is 4.90 Å². The van der Waals surface area contributed by atoms with E-state index in [1.54, 1.807) is 18.7 Å². The first-order valence-corrected chi connectivity index (χ1v) is 10.6. The van der Waals surface area contributed by atoms with E-state index >= 15 is 0 Å². The molecule has 0 fully saturated rings. The normalized spacial score (nSPS) is 13.2. The summed E-state index contributed by atoms with van der Waals surface area (Å²) in [6.07, 6.45) is 0.158. The van der Waals surface area contributed by atoms with Gasteiger partial charge in [-0.25, -0.2) is 9.59 Å². The first-order valence-electron chi connectivity index (χ1n) is 9.81. The molecule has 9 heteroatoms. The fourth-order valence-corrected chi connectivity index (χ4v) is 4.45. The van der Waals surface area contributed by atoms with Crippen molar-refractivity contribution in [3.05, 3.63) is 16.0 Å². The van der Waals surface area contributed by atoms with Gasteiger partial charge in [0.05, 0.1) is 38.4 Å². The van der Waals surface area contributed by atoms with Crippen molar-refractivity contribution in [2.45, 2.75) is 40.7 Å². The summed E-state index contributed by atoms with van der Waals surface area (Å²) in [5, 5.41) is 3.40. The number of amides is 2. The predicted octanol–water partition coefficient (Wildman–Crippen LogP) is 1.30. The molecule has 1 aliphatic heterocycles. The quantitative estimate of drug-likeness (QED) is 0.629. The van der Waals surface area contributed by atoms with Crippen LogP contribution in [0.3, 0.4) is 0 Å². The molecule has 0 atom stereocenters. The van der Waals surface area contributed by atoms with E-state index in [0.717, 1.165) is 28.4 Å². The van der Waals surface area contributed by atoms with Crippen molar-refractivity contribution in [3.8, 4) is 0 Å². The zero-order valence-electron chi connectivity index (χ0n) is 17.1. The molecule has 0 radical (unpaired) electrons. The van der Waals surface area contributed by atoms with Gasteiger partial charge in [-0.2, -0.15) is 0 Å². The largest absolute Gasteiger partial charge is 0.462 e. The Balaban J connectivity index is 2.26. The molecule has 0 bridgehead atoms. The smallest absolute Gasteiger partial charge is 0.410 e. The van der Waals surface area contributed by atoms with Crippen molar-refractivity contribution < 1.29 is 28.8 Å². The van der Waals surface area contributed by atoms with Crippen LogP contribution in [-0.4, -0.2) is 62.3 Å². The highest BCUT2D eigenvalue weighted by atomic mass is 32.1. The molecule has 2 amide bonds. The average Bonchev–Trinajstić information content (AvgIpc) is 3.03. The van der Waals surface area contributed by atoms with Gasteiger partial charge in [-0.05, 0) is 39.7 Å². The molecule has 156 valence electrons. The van der Waals surface area contributed by atoms with E-state index in [-0.39, 0.29) is 18.6 Å². The first kappa shape index (κ1) is 22.2. The molecule has 2 N–H and O–H groups in total. The number of fused-ring (bicyclic) bond motifs is 1. The minimum Gasteiger partial charge on any atom is -0.462 e. The number of nitrogens with zero attached hydrogens (tertiary/aromatic N) is 1. The van der Waals surface area contributed by atoms with Crippen LogP contribution >= 0.6 is 11.3 Å². The highest BCUT2D eigenvalue weighted by Gasteiger charge is 2.31. The van der Waals surface area contributed by atoms with Crippen molar-refractivity contribution >= 4 is 34.3 Å². The molecule has 2 heterocycles. The lowest BCUT2D eigenvalue weighted by molar-refractivity contribution is -0.888. The fraction of sp³-hybridized carbons (Fsp3) is 0.632. The molecule has 0 aliphatic carbocycles. The zero-order chi connectivity index (χ0) is 20.7. The van der Waals surface area contributed by atoms with E-state index in [0.29, 0.717) is 43.2 Å². The maximum absolute atomic E-state index is 12.6. The zero-order valence-corrected chi connectivity index (χ0v) is 17.9. The maximum Gasteiger partial charge on any atom is 0.410 e. The average molecular weight is 413 g/mol. The molecule has 28 heavy (non-hydrogen) atoms. The predicted molar refractivity (Wildman–Crippen MR) is 107 cm³/mol. The summed E-state index contributed by atoms with van der Waals surface area (Å²) in [7, 11) is 0. The lowest BCUT2D eigenvalue weighted by atomic mass is 10.0. The third-order valence-corrected chi connectivity index (χ3v) is 5.86. The van der Waals surface area contributed by atoms with Crippen LogP contribution in [0.4, 0.5) is 9.80 Å². The molecule has 1 aliphatic rings. The van der Waals surface area contributed by atoms with Crippen LogP contribution in [0.15, 0.2) is 0 Å². The number of anilines is 1. The summed E-state index contributed by atoms with van der Waals surface area (Å²) >= 11 is 1.33. The number of quaternary nitrogens is 1. The molecule has 0 spiro atoms. The standard InChI is InChI=1S/C19H29N3O5S/c1-5-21(6-2)12-15(23)20-17-16(18(24)26-7-3)13-9-10-22(11-14(13)28-17)19(25)27-8-4/h5-12H2,1-4H3,(H,20,23)/p+1. The van der Waals surface area contributed by atoms with Crippen LogP contribution in [0.1, 0.15) is 48.5 Å². The first-order chi connectivity index (χ1) is 13.4. The molecule has 1 aromatic heterocycles. The third kappa shape index (κ3) is 5.23. The summed E-state index contributed by atoms with van der Waals surface area (Å²) in [5.41, 5.74) is 1.28. The van der Waals surface area contributed by atoms with Crippen LogP contribution in [-0.2, 0) is 27.2 Å². The van der Waals surface area contributed by atoms with Crippen LogP contribution in [0.5, 0.6) is 0 Å². The van der Waals surface area contributed by atoms with E-state index in [1.165, 1.54) is 11.3 Å². The number of thiophene rings is 1. The van der Waals surface area contributed by atoms with Gasteiger partial charge in [0, 0.05) is 11.4 Å². The van der Waals surface area contributed by atoms with Gasteiger partial charge in [-0.3, -0.25) is 4.79 Å². The van der Waals surface area contributed by atoms with Crippen LogP contribution < -0.4 is 10.2 Å². The summed E-state index contributed by atoms with van der Waals surface area (Å²) in [6.45, 7) is 11.0. The number of nitrogens with one attached hydrogen (secondary N) is 2. The molecule has 2 rings (SSSR count). The van der Waals surface area contributed by atoms with Crippen LogP contribution in [0.2, 0.25) is 0 Å². The van der Waals surface area contributed by atoms with Crippen LogP contribution in [0, 0.1) is 0 Å². The number of carbonyl (C=O) groups excluding carboxylic acids is 3. The van der Waals surface area contributed by atoms with Gasteiger partial charge >= 0.3 is 12.1 Å². The number of esters is 1. The Labute approximate surface area is 169 Å². The molecular formula is C19H30N3O5S+. The minimum absolute atomic E-state index is 0.134. The minimum atomic E-state index is -0.435. The van der Waals surface area contributed by atoms with Gasteiger partial charge < -0.3 is 24.6 Å². The summed E-state index contributed by atoms with van der Waals surface area (Å²) < 4.78 is 10.3. The van der Waals surface area contributed by atoms with Gasteiger partial charge in [-0.1, -0.05) is 0 Å². The second-order valence-electron chi connectivity index (χ2n) is 6.48.